The average molecular weight is 327 g/mol. The molecule has 0 aromatic rings. The molecule has 0 radical (unpaired) electrons. The molecule has 2 atom stereocenters. The molecule has 0 aromatic heterocycles. The van der Waals surface area contributed by atoms with Gasteiger partial charge in [-0.3, -0.25) is 9.89 Å². The van der Waals surface area contributed by atoms with Crippen molar-refractivity contribution in [1.82, 2.24) is 15.5 Å². The van der Waals surface area contributed by atoms with Gasteiger partial charge in [0.05, 0.1) is 13.2 Å². The molecule has 1 aliphatic rings. The van der Waals surface area contributed by atoms with E-state index in [1.54, 1.807) is 0 Å². The minimum Gasteiger partial charge on any atom is -0.379 e. The second-order valence-electron chi connectivity index (χ2n) is 6.78. The molecule has 0 amide bonds. The summed E-state index contributed by atoms with van der Waals surface area (Å²) in [4.78, 5) is 7.27. The van der Waals surface area contributed by atoms with E-state index in [9.17, 15) is 0 Å². The van der Waals surface area contributed by atoms with Crippen molar-refractivity contribution < 1.29 is 4.74 Å². The van der Waals surface area contributed by atoms with Crippen molar-refractivity contribution in [3.63, 3.8) is 0 Å². The highest BCUT2D eigenvalue weighted by molar-refractivity contribution is 5.80. The van der Waals surface area contributed by atoms with E-state index in [1.807, 2.05) is 0 Å². The molecule has 136 valence electrons. The molecule has 23 heavy (non-hydrogen) atoms. The molecule has 0 aliphatic carbocycles. The van der Waals surface area contributed by atoms with Crippen LogP contribution in [0.2, 0.25) is 0 Å². The fraction of sp³-hybridized carbons (Fsp3) is 0.944. The summed E-state index contributed by atoms with van der Waals surface area (Å²) >= 11 is 0. The van der Waals surface area contributed by atoms with Crippen LogP contribution in [0.5, 0.6) is 0 Å². The zero-order valence-corrected chi connectivity index (χ0v) is 15.7. The fourth-order valence-corrected chi connectivity index (χ4v) is 2.86. The summed E-state index contributed by atoms with van der Waals surface area (Å²) < 4.78 is 5.41. The van der Waals surface area contributed by atoms with Crippen molar-refractivity contribution in [2.45, 2.75) is 59.4 Å². The number of morpholine rings is 1. The first-order valence-corrected chi connectivity index (χ1v) is 9.50. The maximum atomic E-state index is 5.41. The van der Waals surface area contributed by atoms with Crippen molar-refractivity contribution >= 4 is 5.96 Å². The quantitative estimate of drug-likeness (QED) is 0.368. The molecule has 1 heterocycles. The minimum absolute atomic E-state index is 0.480. The van der Waals surface area contributed by atoms with E-state index in [4.69, 9.17) is 9.73 Å². The van der Waals surface area contributed by atoms with Crippen LogP contribution in [0.4, 0.5) is 0 Å². The Hall–Kier alpha value is -0.810. The summed E-state index contributed by atoms with van der Waals surface area (Å²) in [6.45, 7) is 15.6. The van der Waals surface area contributed by atoms with E-state index < -0.39 is 0 Å². The first kappa shape index (κ1) is 20.2. The summed E-state index contributed by atoms with van der Waals surface area (Å²) in [6, 6.07) is 0.480. The predicted molar refractivity (Wildman–Crippen MR) is 99.1 cm³/mol. The van der Waals surface area contributed by atoms with Crippen LogP contribution in [0.3, 0.4) is 0 Å². The lowest BCUT2D eigenvalue weighted by molar-refractivity contribution is 0.0323. The van der Waals surface area contributed by atoms with E-state index in [2.05, 4.69) is 43.2 Å². The first-order valence-electron chi connectivity index (χ1n) is 9.50. The highest BCUT2D eigenvalue weighted by atomic mass is 16.5. The lowest BCUT2D eigenvalue weighted by Gasteiger charge is -2.28. The number of nitrogens with one attached hydrogen (secondary N) is 2. The summed E-state index contributed by atoms with van der Waals surface area (Å²) in [5.41, 5.74) is 0. The van der Waals surface area contributed by atoms with Crippen LogP contribution in [0.15, 0.2) is 4.99 Å². The Balaban J connectivity index is 2.34. The van der Waals surface area contributed by atoms with Crippen LogP contribution in [0.25, 0.3) is 0 Å². The Kier molecular flexibility index (Phi) is 11.1. The minimum atomic E-state index is 0.480. The molecule has 1 saturated heterocycles. The third kappa shape index (κ3) is 9.82. The molecule has 0 aromatic carbocycles. The summed E-state index contributed by atoms with van der Waals surface area (Å²) in [5.74, 6) is 1.53. The number of hydrogen-bond acceptors (Lipinski definition) is 3. The normalized spacial score (nSPS) is 19.4. The Morgan fingerprint density at radius 2 is 1.91 bits per heavy atom. The molecule has 1 rings (SSSR count). The highest BCUT2D eigenvalue weighted by Gasteiger charge is 2.13. The van der Waals surface area contributed by atoms with Gasteiger partial charge in [-0.15, -0.1) is 0 Å². The number of guanidine groups is 1. The largest absolute Gasteiger partial charge is 0.379 e. The van der Waals surface area contributed by atoms with Crippen LogP contribution in [0.1, 0.15) is 53.4 Å². The van der Waals surface area contributed by atoms with Crippen LogP contribution < -0.4 is 10.6 Å². The standard InChI is InChI=1S/C18H38N4O/c1-5-7-8-9-17(4)21-18(19-6-2)20-14-16(3)15-22-10-12-23-13-11-22/h16-17H,5-15H2,1-4H3,(H2,19,20,21). The third-order valence-electron chi connectivity index (χ3n) is 4.20. The molecule has 0 bridgehead atoms. The van der Waals surface area contributed by atoms with Gasteiger partial charge in [-0.05, 0) is 26.2 Å². The van der Waals surface area contributed by atoms with Gasteiger partial charge in [-0.2, -0.15) is 0 Å². The Labute approximate surface area is 143 Å². The molecule has 1 aliphatic heterocycles. The van der Waals surface area contributed by atoms with E-state index in [0.717, 1.165) is 51.9 Å². The smallest absolute Gasteiger partial charge is 0.191 e. The van der Waals surface area contributed by atoms with Gasteiger partial charge < -0.3 is 15.4 Å². The topological polar surface area (TPSA) is 48.9 Å². The predicted octanol–water partition coefficient (Wildman–Crippen LogP) is 2.48. The zero-order valence-electron chi connectivity index (χ0n) is 15.7. The Bertz CT molecular complexity index is 316. The SMILES string of the molecule is CCCCCC(C)NC(=NCC(C)CN1CCOCC1)NCC. The highest BCUT2D eigenvalue weighted by Crippen LogP contribution is 2.05. The van der Waals surface area contributed by atoms with E-state index in [1.165, 1.54) is 25.7 Å². The van der Waals surface area contributed by atoms with Crippen molar-refractivity contribution in [2.75, 3.05) is 45.9 Å². The number of unbranched alkanes of at least 4 members (excludes halogenated alkanes) is 2. The van der Waals surface area contributed by atoms with Crippen molar-refractivity contribution in [2.24, 2.45) is 10.9 Å². The first-order chi connectivity index (χ1) is 11.2. The number of nitrogens with zero attached hydrogens (tertiary/aromatic N) is 2. The molecule has 1 fully saturated rings. The fourth-order valence-electron chi connectivity index (χ4n) is 2.86. The monoisotopic (exact) mass is 326 g/mol. The molecule has 2 N–H and O–H groups in total. The lowest BCUT2D eigenvalue weighted by atomic mass is 10.1. The van der Waals surface area contributed by atoms with Crippen LogP contribution in [-0.2, 0) is 4.74 Å². The van der Waals surface area contributed by atoms with Gasteiger partial charge in [-0.25, -0.2) is 0 Å². The van der Waals surface area contributed by atoms with Crippen LogP contribution >= 0.6 is 0 Å². The van der Waals surface area contributed by atoms with Crippen LogP contribution in [-0.4, -0.2) is 62.8 Å². The van der Waals surface area contributed by atoms with Gasteiger partial charge in [0.2, 0.25) is 0 Å². The number of rotatable bonds is 10. The van der Waals surface area contributed by atoms with Gasteiger partial charge in [-0.1, -0.05) is 33.1 Å². The third-order valence-corrected chi connectivity index (χ3v) is 4.20. The lowest BCUT2D eigenvalue weighted by Crippen LogP contribution is -2.43. The molecule has 5 heteroatoms. The maximum absolute atomic E-state index is 5.41. The molecular formula is C18H38N4O. The molecule has 0 spiro atoms. The van der Waals surface area contributed by atoms with Gasteiger partial charge in [0.1, 0.15) is 0 Å². The van der Waals surface area contributed by atoms with E-state index >= 15 is 0 Å². The number of hydrogen-bond donors (Lipinski definition) is 2. The second kappa shape index (κ2) is 12.6. The number of ether oxygens (including phenoxy) is 1. The van der Waals surface area contributed by atoms with Crippen molar-refractivity contribution in [3.05, 3.63) is 0 Å². The molecular weight excluding hydrogens is 288 g/mol. The molecule has 0 saturated carbocycles. The molecule has 5 nitrogen and oxygen atoms in total. The Morgan fingerprint density at radius 1 is 1.17 bits per heavy atom. The summed E-state index contributed by atoms with van der Waals surface area (Å²) in [7, 11) is 0. The maximum Gasteiger partial charge on any atom is 0.191 e. The van der Waals surface area contributed by atoms with Crippen molar-refractivity contribution in [3.8, 4) is 0 Å². The van der Waals surface area contributed by atoms with Gasteiger partial charge in [0.15, 0.2) is 5.96 Å². The zero-order chi connectivity index (χ0) is 16.9. The Morgan fingerprint density at radius 3 is 2.57 bits per heavy atom. The van der Waals surface area contributed by atoms with Crippen LogP contribution in [0, 0.1) is 5.92 Å². The van der Waals surface area contributed by atoms with E-state index in [-0.39, 0.29) is 0 Å². The van der Waals surface area contributed by atoms with Gasteiger partial charge in [0, 0.05) is 38.8 Å². The molecule has 2 unspecified atom stereocenters. The number of aliphatic imine (C=N–C) groups is 1. The summed E-state index contributed by atoms with van der Waals surface area (Å²) in [5, 5.41) is 6.91. The van der Waals surface area contributed by atoms with Gasteiger partial charge in [0.25, 0.3) is 0 Å². The van der Waals surface area contributed by atoms with Gasteiger partial charge >= 0.3 is 0 Å². The average Bonchev–Trinajstić information content (AvgIpc) is 2.54. The summed E-state index contributed by atoms with van der Waals surface area (Å²) in [6.07, 6.45) is 5.09. The van der Waals surface area contributed by atoms with E-state index in [0.29, 0.717) is 12.0 Å². The second-order valence-corrected chi connectivity index (χ2v) is 6.78. The van der Waals surface area contributed by atoms with Crippen molar-refractivity contribution in [1.29, 1.82) is 0 Å².